The highest BCUT2D eigenvalue weighted by Gasteiger charge is 2.16. The maximum Gasteiger partial charge on any atom is 0.156 e. The van der Waals surface area contributed by atoms with Gasteiger partial charge in [0.2, 0.25) is 0 Å². The molecule has 0 fully saturated rings. The Hall–Kier alpha value is -0.360. The minimum absolute atomic E-state index is 0.0316. The lowest BCUT2D eigenvalue weighted by molar-refractivity contribution is 0.0365. The molecule has 0 aromatic carbocycles. The summed E-state index contributed by atoms with van der Waals surface area (Å²) >= 11 is 5.09. The van der Waals surface area contributed by atoms with Crippen LogP contribution in [-0.4, -0.2) is 13.3 Å². The zero-order valence-electron chi connectivity index (χ0n) is 7.00. The molecule has 0 radical (unpaired) electrons. The predicted molar refractivity (Wildman–Crippen MR) is 57.1 cm³/mol. The van der Waals surface area contributed by atoms with Crippen molar-refractivity contribution in [2.75, 3.05) is 7.05 Å². The smallest absolute Gasteiger partial charge is 0.156 e. The van der Waals surface area contributed by atoms with E-state index in [2.05, 4.69) is 32.8 Å². The summed E-state index contributed by atoms with van der Waals surface area (Å²) < 4.78 is 1.12. The van der Waals surface area contributed by atoms with E-state index in [1.807, 2.05) is 19.2 Å². The van der Waals surface area contributed by atoms with Crippen LogP contribution in [0.1, 0.15) is 4.88 Å². The molecule has 70 valence electrons. The summed E-state index contributed by atoms with van der Waals surface area (Å²) in [6, 6.07) is 4.07. The van der Waals surface area contributed by atoms with Crippen LogP contribution in [0.3, 0.4) is 0 Å². The molecule has 0 amide bonds. The Morgan fingerprint density at radius 1 is 1.62 bits per heavy atom. The normalized spacial score (nSPS) is 21.4. The Morgan fingerprint density at radius 3 is 3.00 bits per heavy atom. The van der Waals surface area contributed by atoms with Gasteiger partial charge in [-0.3, -0.25) is 15.6 Å². The lowest BCUT2D eigenvalue weighted by atomic mass is 10.3. The summed E-state index contributed by atoms with van der Waals surface area (Å²) in [5.41, 5.74) is 3.90. The Kier molecular flexibility index (Phi) is 2.69. The SMILES string of the molecule is CNC1C=C(c2ccc(Br)s2)NO1. The van der Waals surface area contributed by atoms with E-state index in [-0.39, 0.29) is 6.23 Å². The third-order valence-corrected chi connectivity index (χ3v) is 3.39. The highest BCUT2D eigenvalue weighted by Crippen LogP contribution is 2.28. The number of hydrogen-bond acceptors (Lipinski definition) is 4. The van der Waals surface area contributed by atoms with Gasteiger partial charge in [0.05, 0.1) is 14.4 Å². The summed E-state index contributed by atoms with van der Waals surface area (Å²) in [6.45, 7) is 0. The molecule has 3 nitrogen and oxygen atoms in total. The fourth-order valence-electron chi connectivity index (χ4n) is 1.08. The molecule has 5 heteroatoms. The monoisotopic (exact) mass is 260 g/mol. The Labute approximate surface area is 88.9 Å². The molecule has 1 aromatic heterocycles. The molecule has 0 saturated heterocycles. The fourth-order valence-corrected chi connectivity index (χ4v) is 2.44. The molecule has 2 N–H and O–H groups in total. The zero-order chi connectivity index (χ0) is 9.26. The first kappa shape index (κ1) is 9.21. The summed E-state index contributed by atoms with van der Waals surface area (Å²) in [7, 11) is 1.86. The first-order chi connectivity index (χ1) is 6.29. The number of likely N-dealkylation sites (N-methyl/N-ethyl adjacent to an activating group) is 1. The summed E-state index contributed by atoms with van der Waals surface area (Å²) in [4.78, 5) is 6.39. The van der Waals surface area contributed by atoms with E-state index in [0.717, 1.165) is 9.48 Å². The van der Waals surface area contributed by atoms with Gasteiger partial charge in [0.1, 0.15) is 0 Å². The number of hydrogen-bond donors (Lipinski definition) is 2. The topological polar surface area (TPSA) is 33.3 Å². The Balaban J connectivity index is 2.19. The molecule has 1 aliphatic rings. The number of hydroxylamine groups is 1. The van der Waals surface area contributed by atoms with Gasteiger partial charge in [-0.15, -0.1) is 11.3 Å². The standard InChI is InChI=1S/C8H9BrN2OS/c1-10-8-4-5(11-12-8)6-2-3-7(9)13-6/h2-4,8,10-11H,1H3. The minimum atomic E-state index is -0.0316. The average Bonchev–Trinajstić information content (AvgIpc) is 2.71. The van der Waals surface area contributed by atoms with Crippen LogP contribution in [0.25, 0.3) is 5.70 Å². The molecule has 0 spiro atoms. The van der Waals surface area contributed by atoms with Crippen molar-refractivity contribution in [3.63, 3.8) is 0 Å². The van der Waals surface area contributed by atoms with Gasteiger partial charge in [0.25, 0.3) is 0 Å². The van der Waals surface area contributed by atoms with Crippen molar-refractivity contribution >= 4 is 33.0 Å². The van der Waals surface area contributed by atoms with Gasteiger partial charge in [-0.1, -0.05) is 0 Å². The number of rotatable bonds is 2. The Bertz CT molecular complexity index is 337. The van der Waals surface area contributed by atoms with Crippen molar-refractivity contribution in [2.45, 2.75) is 6.23 Å². The zero-order valence-corrected chi connectivity index (χ0v) is 9.41. The first-order valence-corrected chi connectivity index (χ1v) is 5.47. The van der Waals surface area contributed by atoms with E-state index in [0.29, 0.717) is 0 Å². The molecule has 13 heavy (non-hydrogen) atoms. The van der Waals surface area contributed by atoms with Gasteiger partial charge < -0.3 is 0 Å². The third-order valence-electron chi connectivity index (χ3n) is 1.74. The van der Waals surface area contributed by atoms with Crippen LogP contribution in [0.5, 0.6) is 0 Å². The molecule has 0 bridgehead atoms. The van der Waals surface area contributed by atoms with Gasteiger partial charge >= 0.3 is 0 Å². The molecule has 2 rings (SSSR count). The van der Waals surface area contributed by atoms with Gasteiger partial charge in [0, 0.05) is 0 Å². The van der Waals surface area contributed by atoms with E-state index < -0.39 is 0 Å². The Morgan fingerprint density at radius 2 is 2.46 bits per heavy atom. The lowest BCUT2D eigenvalue weighted by Crippen LogP contribution is -2.25. The van der Waals surface area contributed by atoms with E-state index >= 15 is 0 Å². The van der Waals surface area contributed by atoms with Crippen molar-refractivity contribution in [3.8, 4) is 0 Å². The number of halogens is 1. The van der Waals surface area contributed by atoms with E-state index in [9.17, 15) is 0 Å². The molecule has 1 aromatic rings. The van der Waals surface area contributed by atoms with E-state index in [4.69, 9.17) is 4.84 Å². The second kappa shape index (κ2) is 3.79. The molecule has 1 aliphatic heterocycles. The molecular weight excluding hydrogens is 252 g/mol. The van der Waals surface area contributed by atoms with Gasteiger partial charge in [0.15, 0.2) is 6.23 Å². The number of thiophene rings is 1. The second-order valence-electron chi connectivity index (χ2n) is 2.61. The van der Waals surface area contributed by atoms with Crippen molar-refractivity contribution in [1.29, 1.82) is 0 Å². The first-order valence-electron chi connectivity index (χ1n) is 3.86. The van der Waals surface area contributed by atoms with Crippen molar-refractivity contribution in [2.24, 2.45) is 0 Å². The van der Waals surface area contributed by atoms with E-state index in [1.165, 1.54) is 4.88 Å². The fraction of sp³-hybridized carbons (Fsp3) is 0.250. The van der Waals surface area contributed by atoms with Crippen LogP contribution in [0.4, 0.5) is 0 Å². The summed E-state index contributed by atoms with van der Waals surface area (Å²) in [5, 5.41) is 3.00. The second-order valence-corrected chi connectivity index (χ2v) is 5.08. The van der Waals surface area contributed by atoms with Crippen LogP contribution in [0.2, 0.25) is 0 Å². The van der Waals surface area contributed by atoms with Gasteiger partial charge in [-0.05, 0) is 41.2 Å². The van der Waals surface area contributed by atoms with E-state index in [1.54, 1.807) is 11.3 Å². The maximum atomic E-state index is 5.22. The largest absolute Gasteiger partial charge is 0.290 e. The highest BCUT2D eigenvalue weighted by atomic mass is 79.9. The summed E-state index contributed by atoms with van der Waals surface area (Å²) in [6.07, 6.45) is 1.98. The van der Waals surface area contributed by atoms with Crippen LogP contribution in [-0.2, 0) is 4.84 Å². The van der Waals surface area contributed by atoms with Crippen LogP contribution in [0, 0.1) is 0 Å². The van der Waals surface area contributed by atoms with Crippen molar-refractivity contribution in [1.82, 2.24) is 10.8 Å². The van der Waals surface area contributed by atoms with Crippen molar-refractivity contribution < 1.29 is 4.84 Å². The molecule has 1 unspecified atom stereocenters. The van der Waals surface area contributed by atoms with Gasteiger partial charge in [-0.25, -0.2) is 0 Å². The van der Waals surface area contributed by atoms with Crippen molar-refractivity contribution in [3.05, 3.63) is 26.9 Å². The van der Waals surface area contributed by atoms with Crippen LogP contribution in [0.15, 0.2) is 22.0 Å². The summed E-state index contributed by atoms with van der Waals surface area (Å²) in [5.74, 6) is 0. The number of nitrogens with one attached hydrogen (secondary N) is 2. The lowest BCUT2D eigenvalue weighted by Gasteiger charge is -2.03. The van der Waals surface area contributed by atoms with Crippen LogP contribution >= 0.6 is 27.3 Å². The van der Waals surface area contributed by atoms with Crippen LogP contribution < -0.4 is 10.8 Å². The molecular formula is C8H9BrN2OS. The highest BCUT2D eigenvalue weighted by molar-refractivity contribution is 9.11. The average molecular weight is 261 g/mol. The molecule has 2 heterocycles. The maximum absolute atomic E-state index is 5.22. The third kappa shape index (κ3) is 1.94. The molecule has 0 saturated carbocycles. The predicted octanol–water partition coefficient (Wildman–Crippen LogP) is 1.93. The van der Waals surface area contributed by atoms with Gasteiger partial charge in [-0.2, -0.15) is 0 Å². The molecule has 0 aliphatic carbocycles. The molecule has 1 atom stereocenters. The quantitative estimate of drug-likeness (QED) is 0.853. The minimum Gasteiger partial charge on any atom is -0.290 e.